The average Bonchev–Trinajstić information content (AvgIpc) is 3.11. The maximum absolute atomic E-state index is 12.9. The molecule has 0 aliphatic heterocycles. The van der Waals surface area contributed by atoms with Crippen molar-refractivity contribution in [1.29, 1.82) is 0 Å². The Bertz CT molecular complexity index is 731. The molecular formula is C16H20N2O4S2. The molecule has 24 heavy (non-hydrogen) atoms. The number of carbonyl (C=O) groups excluding carboxylic acids is 1. The van der Waals surface area contributed by atoms with Crippen molar-refractivity contribution in [2.75, 3.05) is 26.8 Å². The molecule has 1 heterocycles. The van der Waals surface area contributed by atoms with Crippen LogP contribution in [0.15, 0.2) is 52.1 Å². The highest BCUT2D eigenvalue weighted by atomic mass is 32.2. The van der Waals surface area contributed by atoms with Crippen LogP contribution in [0.4, 0.5) is 4.79 Å². The van der Waals surface area contributed by atoms with Gasteiger partial charge in [-0.2, -0.15) is 0 Å². The minimum Gasteiger partial charge on any atom is -0.383 e. The van der Waals surface area contributed by atoms with Gasteiger partial charge in [-0.15, -0.1) is 11.3 Å². The fourth-order valence-corrected chi connectivity index (χ4v) is 5.02. The predicted molar refractivity (Wildman–Crippen MR) is 94.0 cm³/mol. The van der Waals surface area contributed by atoms with Gasteiger partial charge in [-0.25, -0.2) is 13.2 Å². The lowest BCUT2D eigenvalue weighted by Gasteiger charge is -2.18. The van der Waals surface area contributed by atoms with E-state index in [1.165, 1.54) is 11.3 Å². The van der Waals surface area contributed by atoms with Crippen molar-refractivity contribution in [2.45, 2.75) is 9.46 Å². The van der Waals surface area contributed by atoms with Gasteiger partial charge in [0.25, 0.3) is 0 Å². The molecule has 0 radical (unpaired) electrons. The van der Waals surface area contributed by atoms with Crippen LogP contribution in [0, 0.1) is 0 Å². The van der Waals surface area contributed by atoms with Crippen molar-refractivity contribution in [3.8, 4) is 0 Å². The molecule has 6 nitrogen and oxygen atoms in total. The number of amides is 2. The molecule has 1 aromatic carbocycles. The van der Waals surface area contributed by atoms with Crippen molar-refractivity contribution >= 4 is 27.2 Å². The topological polar surface area (TPSA) is 84.5 Å². The zero-order valence-electron chi connectivity index (χ0n) is 13.3. The molecular weight excluding hydrogens is 348 g/mol. The Morgan fingerprint density at radius 2 is 1.92 bits per heavy atom. The normalized spacial score (nSPS) is 12.5. The molecule has 1 atom stereocenters. The molecule has 130 valence electrons. The first-order chi connectivity index (χ1) is 11.6. The van der Waals surface area contributed by atoms with E-state index < -0.39 is 21.1 Å². The first kappa shape index (κ1) is 18.4. The SMILES string of the molecule is COCCNC(=O)NCC(c1ccccc1)S(=O)(=O)c1cccs1. The van der Waals surface area contributed by atoms with E-state index in [1.807, 2.05) is 6.07 Å². The number of nitrogens with one attached hydrogen (secondary N) is 2. The van der Waals surface area contributed by atoms with Gasteiger partial charge in [0, 0.05) is 20.2 Å². The number of benzene rings is 1. The number of ether oxygens (including phenoxy) is 1. The molecule has 0 aliphatic rings. The molecule has 0 spiro atoms. The number of hydrogen-bond acceptors (Lipinski definition) is 5. The second-order valence-corrected chi connectivity index (χ2v) is 8.31. The molecule has 0 saturated carbocycles. The van der Waals surface area contributed by atoms with Crippen LogP contribution >= 0.6 is 11.3 Å². The van der Waals surface area contributed by atoms with Gasteiger partial charge in [0.2, 0.25) is 0 Å². The van der Waals surface area contributed by atoms with Gasteiger partial charge in [0.05, 0.1) is 6.61 Å². The molecule has 1 unspecified atom stereocenters. The van der Waals surface area contributed by atoms with Crippen molar-refractivity contribution in [3.63, 3.8) is 0 Å². The molecule has 0 saturated heterocycles. The third-order valence-electron chi connectivity index (χ3n) is 3.36. The van der Waals surface area contributed by atoms with Gasteiger partial charge in [0.15, 0.2) is 9.84 Å². The van der Waals surface area contributed by atoms with Crippen LogP contribution < -0.4 is 10.6 Å². The highest BCUT2D eigenvalue weighted by Crippen LogP contribution is 2.30. The molecule has 8 heteroatoms. The van der Waals surface area contributed by atoms with Crippen LogP contribution in [0.1, 0.15) is 10.8 Å². The number of methoxy groups -OCH3 is 1. The second kappa shape index (κ2) is 8.81. The van der Waals surface area contributed by atoms with E-state index in [9.17, 15) is 13.2 Å². The highest BCUT2D eigenvalue weighted by Gasteiger charge is 2.30. The minimum absolute atomic E-state index is 0.0109. The first-order valence-electron chi connectivity index (χ1n) is 7.38. The third-order valence-corrected chi connectivity index (χ3v) is 6.89. The molecule has 2 N–H and O–H groups in total. The van der Waals surface area contributed by atoms with Gasteiger partial charge in [-0.05, 0) is 17.0 Å². The molecule has 2 aromatic rings. The third kappa shape index (κ3) is 4.80. The standard InChI is InChI=1S/C16H20N2O4S2/c1-22-10-9-17-16(19)18-12-14(13-6-3-2-4-7-13)24(20,21)15-8-5-11-23-15/h2-8,11,14H,9-10,12H2,1H3,(H2,17,18,19). The van der Waals surface area contributed by atoms with E-state index in [-0.39, 0.29) is 10.8 Å². The zero-order chi connectivity index (χ0) is 17.4. The van der Waals surface area contributed by atoms with Gasteiger partial charge < -0.3 is 15.4 Å². The lowest BCUT2D eigenvalue weighted by molar-refractivity contribution is 0.196. The Labute approximate surface area is 145 Å². The summed E-state index contributed by atoms with van der Waals surface area (Å²) >= 11 is 1.17. The fourth-order valence-electron chi connectivity index (χ4n) is 2.15. The summed E-state index contributed by atoms with van der Waals surface area (Å²) in [6.45, 7) is 0.738. The van der Waals surface area contributed by atoms with Crippen molar-refractivity contribution < 1.29 is 17.9 Å². The highest BCUT2D eigenvalue weighted by molar-refractivity contribution is 7.93. The Morgan fingerprint density at radius 1 is 1.17 bits per heavy atom. The number of rotatable bonds is 8. The van der Waals surface area contributed by atoms with E-state index in [4.69, 9.17) is 4.74 Å². The molecule has 0 aliphatic carbocycles. The van der Waals surface area contributed by atoms with E-state index in [0.29, 0.717) is 18.7 Å². The summed E-state index contributed by atoms with van der Waals surface area (Å²) in [5.74, 6) is 0. The van der Waals surface area contributed by atoms with Crippen LogP contribution in [0.25, 0.3) is 0 Å². The predicted octanol–water partition coefficient (Wildman–Crippen LogP) is 2.21. The molecule has 1 aromatic heterocycles. The van der Waals surface area contributed by atoms with Crippen LogP contribution in [-0.4, -0.2) is 41.3 Å². The lowest BCUT2D eigenvalue weighted by Crippen LogP contribution is -2.40. The molecule has 0 fully saturated rings. The van der Waals surface area contributed by atoms with Gasteiger partial charge in [0.1, 0.15) is 9.46 Å². The Balaban J connectivity index is 2.15. The van der Waals surface area contributed by atoms with E-state index >= 15 is 0 Å². The zero-order valence-corrected chi connectivity index (χ0v) is 14.9. The quantitative estimate of drug-likeness (QED) is 0.700. The fraction of sp³-hybridized carbons (Fsp3) is 0.312. The molecule has 0 bridgehead atoms. The van der Waals surface area contributed by atoms with E-state index in [0.717, 1.165) is 0 Å². The van der Waals surface area contributed by atoms with Crippen LogP contribution in [-0.2, 0) is 14.6 Å². The number of hydrogen-bond donors (Lipinski definition) is 2. The number of thiophene rings is 1. The first-order valence-corrected chi connectivity index (χ1v) is 9.81. The smallest absolute Gasteiger partial charge is 0.314 e. The summed E-state index contributed by atoms with van der Waals surface area (Å²) in [7, 11) is -2.04. The maximum Gasteiger partial charge on any atom is 0.314 e. The Kier molecular flexibility index (Phi) is 6.77. The minimum atomic E-state index is -3.58. The van der Waals surface area contributed by atoms with Gasteiger partial charge in [-0.1, -0.05) is 36.4 Å². The van der Waals surface area contributed by atoms with Crippen LogP contribution in [0.2, 0.25) is 0 Å². The lowest BCUT2D eigenvalue weighted by atomic mass is 10.1. The summed E-state index contributed by atoms with van der Waals surface area (Å²) in [5, 5.41) is 6.12. The van der Waals surface area contributed by atoms with Crippen molar-refractivity contribution in [1.82, 2.24) is 10.6 Å². The number of urea groups is 1. The summed E-state index contributed by atoms with van der Waals surface area (Å²) in [6.07, 6.45) is 0. The molecule has 2 rings (SSSR count). The largest absolute Gasteiger partial charge is 0.383 e. The van der Waals surface area contributed by atoms with Crippen molar-refractivity contribution in [2.24, 2.45) is 0 Å². The van der Waals surface area contributed by atoms with Crippen LogP contribution in [0.3, 0.4) is 0 Å². The summed E-state index contributed by atoms with van der Waals surface area (Å²) in [6, 6.07) is 11.7. The Morgan fingerprint density at radius 3 is 2.54 bits per heavy atom. The van der Waals surface area contributed by atoms with Gasteiger partial charge in [-0.3, -0.25) is 0 Å². The van der Waals surface area contributed by atoms with E-state index in [2.05, 4.69) is 10.6 Å². The van der Waals surface area contributed by atoms with Crippen molar-refractivity contribution in [3.05, 3.63) is 53.4 Å². The Hall–Kier alpha value is -1.90. The monoisotopic (exact) mass is 368 g/mol. The molecule has 2 amide bonds. The van der Waals surface area contributed by atoms with E-state index in [1.54, 1.807) is 48.9 Å². The summed E-state index contributed by atoms with van der Waals surface area (Å²) < 4.78 is 30.9. The average molecular weight is 368 g/mol. The number of carbonyl (C=O) groups is 1. The van der Waals surface area contributed by atoms with Crippen LogP contribution in [0.5, 0.6) is 0 Å². The number of sulfone groups is 1. The second-order valence-electron chi connectivity index (χ2n) is 5.01. The summed E-state index contributed by atoms with van der Waals surface area (Å²) in [4.78, 5) is 11.8. The van der Waals surface area contributed by atoms with Gasteiger partial charge >= 0.3 is 6.03 Å². The maximum atomic E-state index is 12.9. The summed E-state index contributed by atoms with van der Waals surface area (Å²) in [5.41, 5.74) is 0.642.